The minimum Gasteiger partial charge on any atom is -0.467 e. The average molecular weight is 474 g/mol. The molecule has 1 spiro atoms. The lowest BCUT2D eigenvalue weighted by Crippen LogP contribution is -2.53. The van der Waals surface area contributed by atoms with Gasteiger partial charge in [0.25, 0.3) is 0 Å². The molecule has 0 bridgehead atoms. The van der Waals surface area contributed by atoms with Crippen LogP contribution in [0.15, 0.2) is 0 Å². The number of esters is 1. The van der Waals surface area contributed by atoms with Gasteiger partial charge < -0.3 is 20.1 Å². The lowest BCUT2D eigenvalue weighted by Gasteiger charge is -2.44. The van der Waals surface area contributed by atoms with E-state index in [4.69, 9.17) is 9.47 Å². The number of rotatable bonds is 5. The molecule has 2 N–H and O–H groups in total. The lowest BCUT2D eigenvalue weighted by atomic mass is 9.65. The van der Waals surface area contributed by atoms with Crippen LogP contribution in [-0.2, 0) is 23.9 Å². The molecule has 3 atom stereocenters. The molecule has 3 fully saturated rings. The van der Waals surface area contributed by atoms with Crippen molar-refractivity contribution in [3.8, 4) is 0 Å². The number of piperidine rings is 1. The van der Waals surface area contributed by atoms with E-state index >= 15 is 0 Å². The molecule has 186 valence electrons. The molecule has 3 aliphatic rings. The normalized spacial score (nSPS) is 26.7. The van der Waals surface area contributed by atoms with Gasteiger partial charge in [-0.1, -0.05) is 0 Å². The standard InChI is InChI=1S/C22H33F2N3O6/c1-20(2,3)33-19(31)27-12-21(10-22(23,24)11-21)9-15(27)17(29)26-14(18(30)32-4)8-13-6-5-7-25-16(13)28/h13-15H,5-12H2,1-4H3,(H,25,28)(H,26,29)/t13-,14-,15?/m0/s1. The number of methoxy groups -OCH3 is 1. The first-order chi connectivity index (χ1) is 15.2. The van der Waals surface area contributed by atoms with E-state index in [1.165, 1.54) is 12.0 Å². The highest BCUT2D eigenvalue weighted by atomic mass is 19.3. The fraction of sp³-hybridized carbons (Fsp3) is 0.818. The highest BCUT2D eigenvalue weighted by Gasteiger charge is 2.63. The number of carbonyl (C=O) groups excluding carboxylic acids is 4. The van der Waals surface area contributed by atoms with E-state index < -0.39 is 65.8 Å². The van der Waals surface area contributed by atoms with Gasteiger partial charge in [0.1, 0.15) is 17.7 Å². The van der Waals surface area contributed by atoms with Crippen molar-refractivity contribution in [1.82, 2.24) is 15.5 Å². The predicted molar refractivity (Wildman–Crippen MR) is 112 cm³/mol. The Morgan fingerprint density at radius 1 is 1.27 bits per heavy atom. The van der Waals surface area contributed by atoms with Gasteiger partial charge in [0.2, 0.25) is 17.7 Å². The van der Waals surface area contributed by atoms with Crippen molar-refractivity contribution in [2.24, 2.45) is 11.3 Å². The van der Waals surface area contributed by atoms with Crippen molar-refractivity contribution >= 4 is 23.9 Å². The topological polar surface area (TPSA) is 114 Å². The highest BCUT2D eigenvalue weighted by molar-refractivity contribution is 5.91. The molecule has 2 aliphatic heterocycles. The van der Waals surface area contributed by atoms with Crippen LogP contribution >= 0.6 is 0 Å². The first-order valence-corrected chi connectivity index (χ1v) is 11.3. The van der Waals surface area contributed by atoms with E-state index in [2.05, 4.69) is 10.6 Å². The molecule has 0 aromatic rings. The number of nitrogens with zero attached hydrogens (tertiary/aromatic N) is 1. The van der Waals surface area contributed by atoms with Crippen LogP contribution in [0.4, 0.5) is 13.6 Å². The Bertz CT molecular complexity index is 804. The number of alkyl halides is 2. The van der Waals surface area contributed by atoms with Crippen molar-refractivity contribution < 1.29 is 37.4 Å². The quantitative estimate of drug-likeness (QED) is 0.591. The molecule has 2 heterocycles. The fourth-order valence-corrected chi connectivity index (χ4v) is 5.07. The van der Waals surface area contributed by atoms with Crippen molar-refractivity contribution in [2.45, 2.75) is 82.9 Å². The molecule has 1 aliphatic carbocycles. The largest absolute Gasteiger partial charge is 0.467 e. The molecule has 1 unspecified atom stereocenters. The van der Waals surface area contributed by atoms with Crippen LogP contribution < -0.4 is 10.6 Å². The van der Waals surface area contributed by atoms with E-state index in [-0.39, 0.29) is 25.3 Å². The van der Waals surface area contributed by atoms with E-state index in [0.29, 0.717) is 13.0 Å². The van der Waals surface area contributed by atoms with Gasteiger partial charge >= 0.3 is 12.1 Å². The molecule has 3 amide bonds. The molecule has 0 aromatic carbocycles. The van der Waals surface area contributed by atoms with Gasteiger partial charge in [-0.2, -0.15) is 0 Å². The number of hydrogen-bond donors (Lipinski definition) is 2. The Morgan fingerprint density at radius 3 is 2.48 bits per heavy atom. The summed E-state index contributed by atoms with van der Waals surface area (Å²) in [5.74, 6) is -4.86. The summed E-state index contributed by atoms with van der Waals surface area (Å²) in [6.07, 6.45) is -0.170. The summed E-state index contributed by atoms with van der Waals surface area (Å²) in [6, 6.07) is -2.17. The predicted octanol–water partition coefficient (Wildman–Crippen LogP) is 1.99. The first kappa shape index (κ1) is 25.2. The van der Waals surface area contributed by atoms with E-state index in [0.717, 1.165) is 6.42 Å². The van der Waals surface area contributed by atoms with Crippen LogP contribution in [0.5, 0.6) is 0 Å². The zero-order valence-electron chi connectivity index (χ0n) is 19.5. The second kappa shape index (κ2) is 9.06. The Labute approximate surface area is 191 Å². The van der Waals surface area contributed by atoms with Crippen molar-refractivity contribution in [3.05, 3.63) is 0 Å². The molecule has 0 aromatic heterocycles. The van der Waals surface area contributed by atoms with E-state index in [1.807, 2.05) is 0 Å². The molecule has 9 nitrogen and oxygen atoms in total. The summed E-state index contributed by atoms with van der Waals surface area (Å²) in [5.41, 5.74) is -1.70. The number of halogens is 2. The van der Waals surface area contributed by atoms with Crippen LogP contribution in [0.25, 0.3) is 0 Å². The molecule has 33 heavy (non-hydrogen) atoms. The van der Waals surface area contributed by atoms with Gasteiger partial charge in [0, 0.05) is 37.3 Å². The van der Waals surface area contributed by atoms with Crippen LogP contribution in [0.1, 0.15) is 59.3 Å². The maximum atomic E-state index is 13.7. The SMILES string of the molecule is COC(=O)[C@H](C[C@@H]1CCCNC1=O)NC(=O)C1CC2(CN1C(=O)OC(C)(C)C)CC(F)(F)C2. The second-order valence-corrected chi connectivity index (χ2v) is 10.5. The lowest BCUT2D eigenvalue weighted by molar-refractivity contribution is -0.156. The van der Waals surface area contributed by atoms with Crippen molar-refractivity contribution in [3.63, 3.8) is 0 Å². The first-order valence-electron chi connectivity index (χ1n) is 11.3. The van der Waals surface area contributed by atoms with Gasteiger partial charge in [-0.15, -0.1) is 0 Å². The molecule has 11 heteroatoms. The number of ether oxygens (including phenoxy) is 2. The Hall–Kier alpha value is -2.46. The third-order valence-electron chi connectivity index (χ3n) is 6.43. The number of likely N-dealkylation sites (tertiary alicyclic amines) is 1. The molecular weight excluding hydrogens is 440 g/mol. The van der Waals surface area contributed by atoms with Gasteiger partial charge in [-0.05, 0) is 46.5 Å². The Morgan fingerprint density at radius 2 is 1.94 bits per heavy atom. The van der Waals surface area contributed by atoms with Crippen LogP contribution in [0.3, 0.4) is 0 Å². The maximum absolute atomic E-state index is 13.7. The summed E-state index contributed by atoms with van der Waals surface area (Å²) in [5, 5.41) is 5.34. The zero-order valence-corrected chi connectivity index (χ0v) is 19.5. The zero-order chi connectivity index (χ0) is 24.6. The number of carbonyl (C=O) groups is 4. The van der Waals surface area contributed by atoms with Gasteiger partial charge in [0.05, 0.1) is 7.11 Å². The molecule has 1 saturated carbocycles. The Balaban J connectivity index is 1.76. The van der Waals surface area contributed by atoms with Crippen molar-refractivity contribution in [1.29, 1.82) is 0 Å². The maximum Gasteiger partial charge on any atom is 0.410 e. The summed E-state index contributed by atoms with van der Waals surface area (Å²) < 4.78 is 37.6. The molecular formula is C22H33F2N3O6. The van der Waals surface area contributed by atoms with Crippen molar-refractivity contribution in [2.75, 3.05) is 20.2 Å². The average Bonchev–Trinajstić information content (AvgIpc) is 3.06. The third kappa shape index (κ3) is 5.92. The second-order valence-electron chi connectivity index (χ2n) is 10.5. The van der Waals surface area contributed by atoms with Crippen LogP contribution in [0.2, 0.25) is 0 Å². The molecule has 0 radical (unpaired) electrons. The van der Waals surface area contributed by atoms with Gasteiger partial charge in [-0.25, -0.2) is 18.4 Å². The highest BCUT2D eigenvalue weighted by Crippen LogP contribution is 2.58. The number of hydrogen-bond acceptors (Lipinski definition) is 6. The Kier molecular flexibility index (Phi) is 6.91. The summed E-state index contributed by atoms with van der Waals surface area (Å²) in [6.45, 7) is 5.55. The minimum absolute atomic E-state index is 0.0243. The van der Waals surface area contributed by atoms with Gasteiger partial charge in [0.15, 0.2) is 0 Å². The van der Waals surface area contributed by atoms with Crippen LogP contribution in [0, 0.1) is 11.3 Å². The summed E-state index contributed by atoms with van der Waals surface area (Å²) in [7, 11) is 1.18. The fourth-order valence-electron chi connectivity index (χ4n) is 5.07. The van der Waals surface area contributed by atoms with E-state index in [9.17, 15) is 28.0 Å². The smallest absolute Gasteiger partial charge is 0.410 e. The minimum atomic E-state index is -2.83. The van der Waals surface area contributed by atoms with Crippen LogP contribution in [-0.4, -0.2) is 72.6 Å². The summed E-state index contributed by atoms with van der Waals surface area (Å²) >= 11 is 0. The number of nitrogens with one attached hydrogen (secondary N) is 2. The number of amides is 3. The molecule has 2 saturated heterocycles. The van der Waals surface area contributed by atoms with Gasteiger partial charge in [-0.3, -0.25) is 14.5 Å². The third-order valence-corrected chi connectivity index (χ3v) is 6.43. The van der Waals surface area contributed by atoms with E-state index in [1.54, 1.807) is 20.8 Å². The molecule has 3 rings (SSSR count). The monoisotopic (exact) mass is 473 g/mol. The summed E-state index contributed by atoms with van der Waals surface area (Å²) in [4.78, 5) is 51.7.